The lowest BCUT2D eigenvalue weighted by atomic mass is 9.94. The molecule has 0 spiro atoms. The van der Waals surface area contributed by atoms with Crippen LogP contribution in [0.2, 0.25) is 0 Å². The average Bonchev–Trinajstić information content (AvgIpc) is 2.75. The molecule has 7 heteroatoms. The van der Waals surface area contributed by atoms with E-state index in [1.807, 2.05) is 41.3 Å². The van der Waals surface area contributed by atoms with Crippen molar-refractivity contribution in [2.24, 2.45) is 0 Å². The zero-order valence-corrected chi connectivity index (χ0v) is 14.8. The maximum Gasteiger partial charge on any atom is 0.253 e. The van der Waals surface area contributed by atoms with Crippen molar-refractivity contribution in [2.45, 2.75) is 18.8 Å². The predicted molar refractivity (Wildman–Crippen MR) is 102 cm³/mol. The lowest BCUT2D eigenvalue weighted by Crippen LogP contribution is -2.39. The van der Waals surface area contributed by atoms with Crippen LogP contribution in [0.3, 0.4) is 0 Å². The molecule has 1 atom stereocenters. The molecule has 1 aliphatic rings. The second-order valence-electron chi connectivity index (χ2n) is 6.48. The number of amides is 1. The second-order valence-corrected chi connectivity index (χ2v) is 6.48. The van der Waals surface area contributed by atoms with Crippen LogP contribution in [0.1, 0.15) is 34.8 Å². The minimum absolute atomic E-state index is 0.0762. The molecular formula is C20H20N6O. The number of carbonyl (C=O) groups is 1. The van der Waals surface area contributed by atoms with Crippen LogP contribution in [0, 0.1) is 0 Å². The zero-order valence-electron chi connectivity index (χ0n) is 14.8. The van der Waals surface area contributed by atoms with Gasteiger partial charge in [-0.05, 0) is 31.0 Å². The summed E-state index contributed by atoms with van der Waals surface area (Å²) >= 11 is 0. The highest BCUT2D eigenvalue weighted by atomic mass is 16.2. The van der Waals surface area contributed by atoms with E-state index in [9.17, 15) is 4.79 Å². The zero-order chi connectivity index (χ0) is 18.5. The fourth-order valence-corrected chi connectivity index (χ4v) is 3.30. The van der Waals surface area contributed by atoms with Gasteiger partial charge in [-0.25, -0.2) is 15.0 Å². The van der Waals surface area contributed by atoms with Gasteiger partial charge >= 0.3 is 0 Å². The predicted octanol–water partition coefficient (Wildman–Crippen LogP) is 3.03. The molecule has 3 heterocycles. The minimum atomic E-state index is 0.0762. The Hall–Kier alpha value is -3.35. The summed E-state index contributed by atoms with van der Waals surface area (Å²) in [5, 5.41) is 3.07. The molecule has 1 aromatic carbocycles. The molecule has 1 amide bonds. The normalized spacial score (nSPS) is 16.7. The van der Waals surface area contributed by atoms with Crippen LogP contribution in [0.4, 0.5) is 11.8 Å². The first-order chi connectivity index (χ1) is 13.3. The Morgan fingerprint density at radius 3 is 2.78 bits per heavy atom. The molecule has 1 N–H and O–H groups in total. The summed E-state index contributed by atoms with van der Waals surface area (Å²) in [6, 6.07) is 11.3. The second kappa shape index (κ2) is 7.90. The van der Waals surface area contributed by atoms with E-state index in [4.69, 9.17) is 0 Å². The Kier molecular flexibility index (Phi) is 5.00. The summed E-state index contributed by atoms with van der Waals surface area (Å²) in [5.41, 5.74) is 1.66. The molecule has 27 heavy (non-hydrogen) atoms. The van der Waals surface area contributed by atoms with Crippen molar-refractivity contribution in [2.75, 3.05) is 18.4 Å². The number of carbonyl (C=O) groups excluding carboxylic acids is 1. The fraction of sp³-hybridized carbons (Fsp3) is 0.250. The van der Waals surface area contributed by atoms with Gasteiger partial charge in [0.1, 0.15) is 0 Å². The van der Waals surface area contributed by atoms with E-state index >= 15 is 0 Å². The summed E-state index contributed by atoms with van der Waals surface area (Å²) in [5.74, 6) is 1.35. The van der Waals surface area contributed by atoms with Gasteiger partial charge in [-0.2, -0.15) is 0 Å². The van der Waals surface area contributed by atoms with Crippen molar-refractivity contribution < 1.29 is 4.79 Å². The van der Waals surface area contributed by atoms with Crippen LogP contribution in [-0.2, 0) is 0 Å². The number of nitrogens with zero attached hydrogens (tertiary/aromatic N) is 5. The number of piperidine rings is 1. The van der Waals surface area contributed by atoms with Crippen LogP contribution in [0.5, 0.6) is 0 Å². The van der Waals surface area contributed by atoms with Crippen molar-refractivity contribution in [3.05, 3.63) is 72.4 Å². The van der Waals surface area contributed by atoms with E-state index in [1.54, 1.807) is 24.8 Å². The Bertz CT molecular complexity index is 903. The van der Waals surface area contributed by atoms with E-state index in [2.05, 4.69) is 25.3 Å². The minimum Gasteiger partial charge on any atom is -0.338 e. The van der Waals surface area contributed by atoms with E-state index in [1.165, 1.54) is 0 Å². The quantitative estimate of drug-likeness (QED) is 0.770. The van der Waals surface area contributed by atoms with Crippen LogP contribution >= 0.6 is 0 Å². The van der Waals surface area contributed by atoms with E-state index in [-0.39, 0.29) is 11.8 Å². The molecule has 2 aromatic heterocycles. The number of anilines is 2. The Balaban J connectivity index is 1.48. The molecule has 0 aliphatic carbocycles. The smallest absolute Gasteiger partial charge is 0.253 e. The summed E-state index contributed by atoms with van der Waals surface area (Å²) in [4.78, 5) is 31.8. The first kappa shape index (κ1) is 17.1. The number of hydrogen-bond acceptors (Lipinski definition) is 6. The van der Waals surface area contributed by atoms with Crippen molar-refractivity contribution in [3.63, 3.8) is 0 Å². The molecule has 0 unspecified atom stereocenters. The summed E-state index contributed by atoms with van der Waals surface area (Å²) in [6.45, 7) is 1.44. The molecule has 1 saturated heterocycles. The Morgan fingerprint density at radius 1 is 1.07 bits per heavy atom. The van der Waals surface area contributed by atoms with Gasteiger partial charge in [-0.1, -0.05) is 18.2 Å². The van der Waals surface area contributed by atoms with Gasteiger partial charge in [0.15, 0.2) is 5.82 Å². The third-order valence-corrected chi connectivity index (χ3v) is 4.63. The number of rotatable bonds is 4. The number of nitrogens with one attached hydrogen (secondary N) is 1. The van der Waals surface area contributed by atoms with Crippen molar-refractivity contribution in [1.29, 1.82) is 0 Å². The summed E-state index contributed by atoms with van der Waals surface area (Å²) in [6.07, 6.45) is 8.54. The van der Waals surface area contributed by atoms with Crippen LogP contribution < -0.4 is 5.32 Å². The van der Waals surface area contributed by atoms with Gasteiger partial charge in [0, 0.05) is 43.2 Å². The molecular weight excluding hydrogens is 340 g/mol. The standard InChI is InChI=1S/C20H20N6O/c27-19(15-5-2-1-3-6-15)26-12-4-7-16(14-26)17-8-9-23-20(24-17)25-18-13-21-10-11-22-18/h1-3,5-6,8-11,13,16H,4,7,12,14H2,(H,22,23,24,25)/t16-/m0/s1. The van der Waals surface area contributed by atoms with Crippen molar-refractivity contribution in [3.8, 4) is 0 Å². The molecule has 3 aromatic rings. The van der Waals surface area contributed by atoms with Gasteiger partial charge in [0.25, 0.3) is 5.91 Å². The monoisotopic (exact) mass is 360 g/mol. The largest absolute Gasteiger partial charge is 0.338 e. The van der Waals surface area contributed by atoms with E-state index < -0.39 is 0 Å². The van der Waals surface area contributed by atoms with Gasteiger partial charge in [-0.15, -0.1) is 0 Å². The first-order valence-electron chi connectivity index (χ1n) is 9.00. The Labute approximate surface area is 157 Å². The number of benzene rings is 1. The third-order valence-electron chi connectivity index (χ3n) is 4.63. The molecule has 0 bridgehead atoms. The first-order valence-corrected chi connectivity index (χ1v) is 9.00. The third kappa shape index (κ3) is 4.08. The molecule has 1 fully saturated rings. The highest BCUT2D eigenvalue weighted by molar-refractivity contribution is 5.94. The highest BCUT2D eigenvalue weighted by Crippen LogP contribution is 2.27. The molecule has 1 aliphatic heterocycles. The molecule has 0 radical (unpaired) electrons. The molecule has 0 saturated carbocycles. The SMILES string of the molecule is O=C(c1ccccc1)N1CCC[C@H](c2ccnc(Nc3cnccn3)n2)C1. The topological polar surface area (TPSA) is 83.9 Å². The molecule has 136 valence electrons. The van der Waals surface area contributed by atoms with Crippen LogP contribution in [0.15, 0.2) is 61.2 Å². The maximum absolute atomic E-state index is 12.8. The summed E-state index contributed by atoms with van der Waals surface area (Å²) in [7, 11) is 0. The van der Waals surface area contributed by atoms with E-state index in [0.717, 1.165) is 30.6 Å². The Morgan fingerprint density at radius 2 is 1.96 bits per heavy atom. The summed E-state index contributed by atoms with van der Waals surface area (Å²) < 4.78 is 0. The number of aromatic nitrogens is 4. The van der Waals surface area contributed by atoms with E-state index in [0.29, 0.717) is 18.3 Å². The van der Waals surface area contributed by atoms with Gasteiger partial charge in [0.05, 0.1) is 11.9 Å². The lowest BCUT2D eigenvalue weighted by molar-refractivity contribution is 0.0706. The van der Waals surface area contributed by atoms with Crippen LogP contribution in [-0.4, -0.2) is 43.8 Å². The lowest BCUT2D eigenvalue weighted by Gasteiger charge is -2.32. The molecule has 4 rings (SSSR count). The van der Waals surface area contributed by atoms with Gasteiger partial charge < -0.3 is 10.2 Å². The average molecular weight is 360 g/mol. The fourth-order valence-electron chi connectivity index (χ4n) is 3.30. The van der Waals surface area contributed by atoms with Gasteiger partial charge in [-0.3, -0.25) is 9.78 Å². The highest BCUT2D eigenvalue weighted by Gasteiger charge is 2.26. The van der Waals surface area contributed by atoms with Crippen molar-refractivity contribution in [1.82, 2.24) is 24.8 Å². The number of hydrogen-bond donors (Lipinski definition) is 1. The maximum atomic E-state index is 12.8. The van der Waals surface area contributed by atoms with Crippen molar-refractivity contribution >= 4 is 17.7 Å². The molecule has 7 nitrogen and oxygen atoms in total. The van der Waals surface area contributed by atoms with Crippen LogP contribution in [0.25, 0.3) is 0 Å². The number of likely N-dealkylation sites (tertiary alicyclic amines) is 1. The van der Waals surface area contributed by atoms with Gasteiger partial charge in [0.2, 0.25) is 5.95 Å².